The highest BCUT2D eigenvalue weighted by Crippen LogP contribution is 2.34. The minimum Gasteiger partial charge on any atom is -0.497 e. The molecule has 22 heavy (non-hydrogen) atoms. The van der Waals surface area contributed by atoms with Gasteiger partial charge < -0.3 is 14.7 Å². The number of methoxy groups -OCH3 is 1. The first-order chi connectivity index (χ1) is 10.0. The minimum atomic E-state index is -0.265. The van der Waals surface area contributed by atoms with Crippen molar-refractivity contribution in [3.05, 3.63) is 34.7 Å². The molecular formula is C17H29BN2O2. The zero-order valence-corrected chi connectivity index (χ0v) is 15.2. The Kier molecular flexibility index (Phi) is 5.68. The smallest absolute Gasteiger partial charge is 0.313 e. The Morgan fingerprint density at radius 3 is 2.27 bits per heavy atom. The summed E-state index contributed by atoms with van der Waals surface area (Å²) in [6.45, 7) is 12.6. The van der Waals surface area contributed by atoms with Crippen molar-refractivity contribution >= 4 is 13.2 Å². The maximum absolute atomic E-state index is 8.20. The number of allylic oxidation sites excluding steroid dienone is 4. The predicted molar refractivity (Wildman–Crippen MR) is 94.4 cm³/mol. The van der Waals surface area contributed by atoms with Gasteiger partial charge in [-0.1, -0.05) is 26.8 Å². The van der Waals surface area contributed by atoms with E-state index >= 15 is 0 Å². The zero-order valence-electron chi connectivity index (χ0n) is 15.2. The fourth-order valence-corrected chi connectivity index (χ4v) is 2.03. The van der Waals surface area contributed by atoms with Gasteiger partial charge in [0.15, 0.2) is 0 Å². The molecule has 1 aliphatic rings. The molecule has 4 nitrogen and oxygen atoms in total. The largest absolute Gasteiger partial charge is 0.497 e. The van der Waals surface area contributed by atoms with Crippen LogP contribution in [0, 0.1) is 10.8 Å². The molecule has 0 saturated carbocycles. The van der Waals surface area contributed by atoms with E-state index in [0.29, 0.717) is 13.2 Å². The van der Waals surface area contributed by atoms with E-state index in [4.69, 9.17) is 14.8 Å². The van der Waals surface area contributed by atoms with Gasteiger partial charge >= 0.3 is 7.48 Å². The quantitative estimate of drug-likeness (QED) is 0.767. The van der Waals surface area contributed by atoms with Crippen LogP contribution in [0.25, 0.3) is 0 Å². The predicted octanol–water partition coefficient (Wildman–Crippen LogP) is 3.12. The molecule has 0 aromatic carbocycles. The van der Waals surface area contributed by atoms with Crippen LogP contribution in [-0.2, 0) is 9.39 Å². The second-order valence-electron chi connectivity index (χ2n) is 7.14. The van der Waals surface area contributed by atoms with Crippen LogP contribution in [0.5, 0.6) is 0 Å². The second kappa shape index (κ2) is 6.74. The zero-order chi connectivity index (χ0) is 17.1. The van der Waals surface area contributed by atoms with E-state index < -0.39 is 0 Å². The van der Waals surface area contributed by atoms with Crippen LogP contribution in [-0.4, -0.2) is 33.0 Å². The van der Waals surface area contributed by atoms with Crippen LogP contribution in [0.15, 0.2) is 34.7 Å². The van der Waals surface area contributed by atoms with Crippen LogP contribution in [0.4, 0.5) is 0 Å². The lowest BCUT2D eigenvalue weighted by molar-refractivity contribution is 0.00416. The maximum Gasteiger partial charge on any atom is 0.313 e. The molecule has 1 rings (SSSR count). The topological polar surface area (TPSA) is 54.3 Å². The van der Waals surface area contributed by atoms with Gasteiger partial charge in [0.1, 0.15) is 5.76 Å². The van der Waals surface area contributed by atoms with Gasteiger partial charge in [0.25, 0.3) is 0 Å². The normalized spacial score (nSPS) is 18.5. The van der Waals surface area contributed by atoms with Gasteiger partial charge in [-0.15, -0.1) is 0 Å². The third-order valence-corrected chi connectivity index (χ3v) is 4.52. The van der Waals surface area contributed by atoms with Crippen LogP contribution < -0.4 is 5.32 Å². The molecular weight excluding hydrogens is 275 g/mol. The van der Waals surface area contributed by atoms with Crippen LogP contribution in [0.2, 0.25) is 0 Å². The average Bonchev–Trinajstić information content (AvgIpc) is 2.41. The van der Waals surface area contributed by atoms with Crippen molar-refractivity contribution in [2.45, 2.75) is 47.1 Å². The summed E-state index contributed by atoms with van der Waals surface area (Å²) in [6, 6.07) is 0. The van der Waals surface area contributed by atoms with Gasteiger partial charge in [0.05, 0.1) is 18.4 Å². The third kappa shape index (κ3) is 3.83. The highest BCUT2D eigenvalue weighted by atomic mass is 16.5. The summed E-state index contributed by atoms with van der Waals surface area (Å²) in [5.41, 5.74) is 2.88. The van der Waals surface area contributed by atoms with E-state index in [1.54, 1.807) is 7.11 Å². The van der Waals surface area contributed by atoms with Gasteiger partial charge in [-0.05, 0) is 31.7 Å². The molecule has 0 unspecified atom stereocenters. The van der Waals surface area contributed by atoms with E-state index in [1.165, 1.54) is 0 Å². The Bertz CT molecular complexity index is 537. The molecule has 0 bridgehead atoms. The first-order valence-electron chi connectivity index (χ1n) is 7.61. The molecule has 0 aliphatic heterocycles. The van der Waals surface area contributed by atoms with Crippen molar-refractivity contribution in [3.63, 3.8) is 0 Å². The Morgan fingerprint density at radius 1 is 1.23 bits per heavy atom. The van der Waals surface area contributed by atoms with Crippen molar-refractivity contribution in [1.82, 2.24) is 5.32 Å². The van der Waals surface area contributed by atoms with Gasteiger partial charge in [0.2, 0.25) is 0 Å². The van der Waals surface area contributed by atoms with Gasteiger partial charge in [-0.25, -0.2) is 0 Å². The molecule has 5 heteroatoms. The summed E-state index contributed by atoms with van der Waals surface area (Å²) >= 11 is 0. The molecule has 1 aliphatic carbocycles. The summed E-state index contributed by atoms with van der Waals surface area (Å²) in [4.78, 5) is 0. The fourth-order valence-electron chi connectivity index (χ4n) is 2.03. The van der Waals surface area contributed by atoms with E-state index in [9.17, 15) is 0 Å². The lowest BCUT2D eigenvalue weighted by Crippen LogP contribution is -2.41. The third-order valence-electron chi connectivity index (χ3n) is 4.52. The molecule has 0 heterocycles. The van der Waals surface area contributed by atoms with Crippen LogP contribution in [0.3, 0.4) is 0 Å². The Balaban J connectivity index is 3.08. The molecule has 0 spiro atoms. The van der Waals surface area contributed by atoms with Crippen molar-refractivity contribution in [3.8, 4) is 0 Å². The molecule has 0 aromatic rings. The molecule has 0 atom stereocenters. The SMILES string of the molecule is CN/C=C1/C=C(BOC(C)(C)C(C)(C)C)C(OC)=C(C)C1=N. The summed E-state index contributed by atoms with van der Waals surface area (Å²) < 4.78 is 11.7. The first kappa shape index (κ1) is 18.6. The van der Waals surface area contributed by atoms with Crippen molar-refractivity contribution in [1.29, 1.82) is 5.41 Å². The number of nitrogens with one attached hydrogen (secondary N) is 2. The van der Waals surface area contributed by atoms with Crippen molar-refractivity contribution < 1.29 is 9.39 Å². The highest BCUT2D eigenvalue weighted by molar-refractivity contribution is 6.41. The standard InChI is InChI=1S/C17H29BN2O2/c1-11-14(19)12(10-20-7)9-13(15(11)21-8)18-22-17(5,6)16(2,3)4/h9-10,18-20H,1-8H3/b12-10-,19-14?. The summed E-state index contributed by atoms with van der Waals surface area (Å²) in [7, 11) is 3.93. The first-order valence-corrected chi connectivity index (χ1v) is 7.61. The molecule has 0 radical (unpaired) electrons. The van der Waals surface area contributed by atoms with Gasteiger partial charge in [0, 0.05) is 24.4 Å². The van der Waals surface area contributed by atoms with Crippen molar-refractivity contribution in [2.24, 2.45) is 5.41 Å². The summed E-state index contributed by atoms with van der Waals surface area (Å²) in [5, 5.41) is 11.2. The number of ether oxygens (including phenoxy) is 1. The van der Waals surface area contributed by atoms with Gasteiger partial charge in [-0.2, -0.15) is 0 Å². The lowest BCUT2D eigenvalue weighted by Gasteiger charge is -2.39. The Labute approximate surface area is 135 Å². The molecule has 2 N–H and O–H groups in total. The second-order valence-corrected chi connectivity index (χ2v) is 7.14. The molecule has 122 valence electrons. The molecule has 0 saturated heterocycles. The van der Waals surface area contributed by atoms with Crippen LogP contribution in [0.1, 0.15) is 41.5 Å². The van der Waals surface area contributed by atoms with Gasteiger partial charge in [-0.3, -0.25) is 5.41 Å². The van der Waals surface area contributed by atoms with Crippen molar-refractivity contribution in [2.75, 3.05) is 14.2 Å². The maximum atomic E-state index is 8.20. The van der Waals surface area contributed by atoms with E-state index in [1.807, 2.05) is 26.2 Å². The molecule has 0 fully saturated rings. The lowest BCUT2D eigenvalue weighted by atomic mass is 9.74. The Hall–Kier alpha value is -1.49. The number of hydrogen-bond acceptors (Lipinski definition) is 4. The number of rotatable bonds is 5. The van der Waals surface area contributed by atoms with E-state index in [2.05, 4.69) is 39.9 Å². The number of hydrogen-bond donors (Lipinski definition) is 2. The monoisotopic (exact) mass is 304 g/mol. The Morgan fingerprint density at radius 2 is 1.82 bits per heavy atom. The van der Waals surface area contributed by atoms with E-state index in [-0.39, 0.29) is 11.0 Å². The highest BCUT2D eigenvalue weighted by Gasteiger charge is 2.34. The summed E-state index contributed by atoms with van der Waals surface area (Å²) in [5.74, 6) is 0.739. The molecule has 0 aromatic heterocycles. The molecule has 0 amide bonds. The van der Waals surface area contributed by atoms with E-state index in [0.717, 1.165) is 22.4 Å². The fraction of sp³-hybridized carbons (Fsp3) is 0.588. The average molecular weight is 304 g/mol. The summed E-state index contributed by atoms with van der Waals surface area (Å²) in [6.07, 6.45) is 3.79. The minimum absolute atomic E-state index is 0.0323. The van der Waals surface area contributed by atoms with Crippen LogP contribution >= 0.6 is 0 Å².